The normalized spacial score (nSPS) is 29.2. The molecule has 2 aromatic carbocycles. The second-order valence-corrected chi connectivity index (χ2v) is 10.5. The second-order valence-electron chi connectivity index (χ2n) is 10.5. The van der Waals surface area contributed by atoms with Crippen molar-refractivity contribution in [2.24, 2.45) is 11.3 Å². The predicted molar refractivity (Wildman–Crippen MR) is 127 cm³/mol. The van der Waals surface area contributed by atoms with Gasteiger partial charge in [-0.15, -0.1) is 0 Å². The Morgan fingerprint density at radius 2 is 1.65 bits per heavy atom. The lowest BCUT2D eigenvalue weighted by molar-refractivity contribution is 0.0766. The summed E-state index contributed by atoms with van der Waals surface area (Å²) in [6.45, 7) is 12.1. The summed E-state index contributed by atoms with van der Waals surface area (Å²) in [5.41, 5.74) is 5.19. The molecule has 156 valence electrons. The maximum Gasteiger partial charge on any atom is 0.160 e. The van der Waals surface area contributed by atoms with E-state index < -0.39 is 0 Å². The van der Waals surface area contributed by atoms with Crippen LogP contribution in [0, 0.1) is 11.3 Å². The molecule has 1 fully saturated rings. The Kier molecular flexibility index (Phi) is 3.60. The van der Waals surface area contributed by atoms with Crippen molar-refractivity contribution in [1.82, 2.24) is 15.0 Å². The fourth-order valence-corrected chi connectivity index (χ4v) is 7.11. The van der Waals surface area contributed by atoms with Crippen LogP contribution in [0.2, 0.25) is 0 Å². The molecule has 3 unspecified atom stereocenters. The van der Waals surface area contributed by atoms with E-state index in [1.165, 1.54) is 29.5 Å². The summed E-state index contributed by atoms with van der Waals surface area (Å²) in [4.78, 5) is 14.9. The highest BCUT2D eigenvalue weighted by Crippen LogP contribution is 2.72. The van der Waals surface area contributed by atoms with Gasteiger partial charge in [0.15, 0.2) is 5.82 Å². The summed E-state index contributed by atoms with van der Waals surface area (Å²) < 4.78 is 0. The van der Waals surface area contributed by atoms with Crippen molar-refractivity contribution in [3.05, 3.63) is 66.1 Å². The zero-order valence-electron chi connectivity index (χ0n) is 19.0. The largest absolute Gasteiger partial charge is 0.256 e. The van der Waals surface area contributed by atoms with E-state index in [4.69, 9.17) is 9.97 Å². The molecule has 0 amide bonds. The van der Waals surface area contributed by atoms with Crippen LogP contribution < -0.4 is 0 Å². The standard InChI is InChI=1S/C28H29N3/c1-17(2)28(5)26(3)13-14-27(28,4)24-22(26)16-30-25(31-24)21-10-6-9-20-19(21)12-11-18-8-7-15-29-23(18)20/h6-12,15-17H,13-14H2,1-5H3. The molecule has 6 rings (SSSR count). The molecule has 0 spiro atoms. The van der Waals surface area contributed by atoms with Gasteiger partial charge >= 0.3 is 0 Å². The number of pyridine rings is 1. The van der Waals surface area contributed by atoms with E-state index in [2.05, 4.69) is 82.2 Å². The molecule has 2 heterocycles. The van der Waals surface area contributed by atoms with E-state index in [0.717, 1.165) is 27.7 Å². The maximum absolute atomic E-state index is 5.30. The molecular weight excluding hydrogens is 378 g/mol. The van der Waals surface area contributed by atoms with Crippen LogP contribution >= 0.6 is 0 Å². The molecule has 3 heteroatoms. The lowest BCUT2D eigenvalue weighted by Crippen LogP contribution is -2.45. The molecule has 3 atom stereocenters. The quantitative estimate of drug-likeness (QED) is 0.342. The number of fused-ring (bicyclic) bond motifs is 8. The fraction of sp³-hybridized carbons (Fsp3) is 0.393. The highest BCUT2D eigenvalue weighted by molar-refractivity contribution is 6.09. The number of nitrogens with zero attached hydrogens (tertiary/aromatic N) is 3. The van der Waals surface area contributed by atoms with Crippen molar-refractivity contribution in [1.29, 1.82) is 0 Å². The van der Waals surface area contributed by atoms with Gasteiger partial charge in [0.1, 0.15) is 0 Å². The van der Waals surface area contributed by atoms with E-state index >= 15 is 0 Å². The molecule has 2 aliphatic rings. The van der Waals surface area contributed by atoms with Gasteiger partial charge in [-0.2, -0.15) is 0 Å². The van der Waals surface area contributed by atoms with Gasteiger partial charge in [0.25, 0.3) is 0 Å². The van der Waals surface area contributed by atoms with E-state index in [-0.39, 0.29) is 16.2 Å². The molecule has 31 heavy (non-hydrogen) atoms. The van der Waals surface area contributed by atoms with Gasteiger partial charge in [-0.3, -0.25) is 4.98 Å². The molecule has 4 aromatic rings. The summed E-state index contributed by atoms with van der Waals surface area (Å²) >= 11 is 0. The molecule has 1 saturated carbocycles. The zero-order chi connectivity index (χ0) is 21.6. The molecule has 0 aliphatic heterocycles. The lowest BCUT2D eigenvalue weighted by atomic mass is 9.57. The first-order chi connectivity index (χ1) is 14.8. The van der Waals surface area contributed by atoms with Crippen molar-refractivity contribution in [2.75, 3.05) is 0 Å². The average Bonchev–Trinajstić information content (AvgIpc) is 3.09. The van der Waals surface area contributed by atoms with Crippen LogP contribution in [0.1, 0.15) is 58.7 Å². The molecule has 3 nitrogen and oxygen atoms in total. The monoisotopic (exact) mass is 407 g/mol. The third kappa shape index (κ3) is 2.07. The van der Waals surface area contributed by atoms with E-state index in [0.29, 0.717) is 5.92 Å². The van der Waals surface area contributed by atoms with Crippen LogP contribution in [0.5, 0.6) is 0 Å². The molecule has 0 N–H and O–H groups in total. The van der Waals surface area contributed by atoms with Gasteiger partial charge < -0.3 is 0 Å². The molecule has 2 aliphatic carbocycles. The minimum Gasteiger partial charge on any atom is -0.256 e. The maximum atomic E-state index is 5.30. The topological polar surface area (TPSA) is 38.7 Å². The van der Waals surface area contributed by atoms with Gasteiger partial charge in [0.05, 0.1) is 11.2 Å². The van der Waals surface area contributed by atoms with Gasteiger partial charge in [-0.1, -0.05) is 71.0 Å². The van der Waals surface area contributed by atoms with Gasteiger partial charge in [-0.05, 0) is 41.2 Å². The Morgan fingerprint density at radius 3 is 2.45 bits per heavy atom. The van der Waals surface area contributed by atoms with Crippen LogP contribution in [0.4, 0.5) is 0 Å². The molecule has 0 saturated heterocycles. The van der Waals surface area contributed by atoms with E-state index in [1.54, 1.807) is 0 Å². The van der Waals surface area contributed by atoms with Crippen molar-refractivity contribution >= 4 is 21.7 Å². The SMILES string of the molecule is CC(C)C1(C)C2(C)CCC1(C)c1nc(-c3cccc4c3ccc3cccnc34)ncc12. The van der Waals surface area contributed by atoms with Gasteiger partial charge in [0.2, 0.25) is 0 Å². The zero-order valence-corrected chi connectivity index (χ0v) is 19.0. The van der Waals surface area contributed by atoms with Crippen LogP contribution in [0.3, 0.4) is 0 Å². The third-order valence-corrected chi connectivity index (χ3v) is 9.35. The number of hydrogen-bond acceptors (Lipinski definition) is 3. The van der Waals surface area contributed by atoms with Crippen molar-refractivity contribution in [2.45, 2.75) is 58.3 Å². The number of benzene rings is 2. The summed E-state index contributed by atoms with van der Waals surface area (Å²) in [6.07, 6.45) is 6.43. The highest BCUT2D eigenvalue weighted by Gasteiger charge is 2.70. The second kappa shape index (κ2) is 5.91. The Balaban J connectivity index is 1.59. The van der Waals surface area contributed by atoms with E-state index in [9.17, 15) is 0 Å². The average molecular weight is 408 g/mol. The minimum absolute atomic E-state index is 0.0851. The summed E-state index contributed by atoms with van der Waals surface area (Å²) in [6, 6.07) is 14.9. The third-order valence-electron chi connectivity index (χ3n) is 9.35. The Hall–Kier alpha value is -2.81. The molecular formula is C28H29N3. The Bertz CT molecular complexity index is 1370. The van der Waals surface area contributed by atoms with Crippen LogP contribution in [-0.2, 0) is 10.8 Å². The van der Waals surface area contributed by atoms with Crippen LogP contribution in [-0.4, -0.2) is 15.0 Å². The van der Waals surface area contributed by atoms with Gasteiger partial charge in [-0.25, -0.2) is 9.97 Å². The first-order valence-electron chi connectivity index (χ1n) is 11.5. The lowest BCUT2D eigenvalue weighted by Gasteiger charge is -2.46. The van der Waals surface area contributed by atoms with Gasteiger partial charge in [0, 0.05) is 39.6 Å². The summed E-state index contributed by atoms with van der Waals surface area (Å²) in [5.74, 6) is 1.42. The van der Waals surface area contributed by atoms with Crippen molar-refractivity contribution < 1.29 is 0 Å². The molecule has 2 aromatic heterocycles. The number of aromatic nitrogens is 3. The molecule has 0 radical (unpaired) electrons. The first-order valence-corrected chi connectivity index (χ1v) is 11.5. The number of hydrogen-bond donors (Lipinski definition) is 0. The van der Waals surface area contributed by atoms with E-state index in [1.807, 2.05) is 12.3 Å². The smallest absolute Gasteiger partial charge is 0.160 e. The number of rotatable bonds is 2. The van der Waals surface area contributed by atoms with Crippen molar-refractivity contribution in [3.8, 4) is 11.4 Å². The summed E-state index contributed by atoms with van der Waals surface area (Å²) in [7, 11) is 0. The molecule has 2 bridgehead atoms. The summed E-state index contributed by atoms with van der Waals surface area (Å²) in [5, 5.41) is 3.48. The Morgan fingerprint density at radius 1 is 0.839 bits per heavy atom. The van der Waals surface area contributed by atoms with Crippen molar-refractivity contribution in [3.63, 3.8) is 0 Å². The van der Waals surface area contributed by atoms with Crippen LogP contribution in [0.15, 0.2) is 54.9 Å². The van der Waals surface area contributed by atoms with Crippen LogP contribution in [0.25, 0.3) is 33.1 Å². The predicted octanol–water partition coefficient (Wildman–Crippen LogP) is 6.83. The fourth-order valence-electron chi connectivity index (χ4n) is 7.11. The minimum atomic E-state index is 0.0851. The Labute approximate surface area is 184 Å². The highest BCUT2D eigenvalue weighted by atomic mass is 14.9. The first kappa shape index (κ1) is 18.9.